The minimum atomic E-state index is -0.610. The minimum absolute atomic E-state index is 0.0285. The molecule has 0 bridgehead atoms. The van der Waals surface area contributed by atoms with Crippen molar-refractivity contribution in [1.29, 1.82) is 0 Å². The van der Waals surface area contributed by atoms with Crippen molar-refractivity contribution in [2.45, 2.75) is 19.1 Å². The van der Waals surface area contributed by atoms with Gasteiger partial charge in [-0.2, -0.15) is 0 Å². The zero-order valence-corrected chi connectivity index (χ0v) is 12.4. The van der Waals surface area contributed by atoms with Crippen LogP contribution in [-0.4, -0.2) is 36.8 Å². The first kappa shape index (κ1) is 15.1. The van der Waals surface area contributed by atoms with Crippen molar-refractivity contribution in [1.82, 2.24) is 5.32 Å². The largest absolute Gasteiger partial charge is 0.484 e. The van der Waals surface area contributed by atoms with Crippen molar-refractivity contribution in [3.8, 4) is 5.75 Å². The van der Waals surface area contributed by atoms with Crippen LogP contribution in [0.2, 0.25) is 0 Å². The summed E-state index contributed by atoms with van der Waals surface area (Å²) in [6.07, 6.45) is -0.168. The summed E-state index contributed by atoms with van der Waals surface area (Å²) in [5.41, 5.74) is -0.282. The van der Waals surface area contributed by atoms with Gasteiger partial charge >= 0.3 is 5.69 Å². The molecule has 0 saturated carbocycles. The van der Waals surface area contributed by atoms with Gasteiger partial charge in [0.05, 0.1) is 15.5 Å². The molecule has 110 valence electrons. The smallest absolute Gasteiger partial charge is 0.312 e. The first-order valence-electron chi connectivity index (χ1n) is 6.09. The molecule has 6 nitrogen and oxygen atoms in total. The van der Waals surface area contributed by atoms with Crippen LogP contribution in [0.25, 0.3) is 0 Å². The van der Waals surface area contributed by atoms with Crippen molar-refractivity contribution in [3.63, 3.8) is 0 Å². The Morgan fingerprint density at radius 2 is 2.35 bits per heavy atom. The molecule has 0 spiro atoms. The Kier molecular flexibility index (Phi) is 4.90. The molecule has 1 heterocycles. The number of halogens is 2. The number of hydrogen-bond acceptors (Lipinski definition) is 5. The fraction of sp³-hybridized carbons (Fsp3) is 0.500. The van der Waals surface area contributed by atoms with E-state index in [1.165, 1.54) is 0 Å². The summed E-state index contributed by atoms with van der Waals surface area (Å²) in [7, 11) is 0. The van der Waals surface area contributed by atoms with Gasteiger partial charge in [0.15, 0.2) is 5.75 Å². The molecule has 1 aliphatic heterocycles. The van der Waals surface area contributed by atoms with Crippen molar-refractivity contribution < 1.29 is 18.8 Å². The Morgan fingerprint density at radius 3 is 3.00 bits per heavy atom. The summed E-state index contributed by atoms with van der Waals surface area (Å²) < 4.78 is 24.4. The number of nitro benzene ring substituents is 1. The quantitative estimate of drug-likeness (QED) is 0.667. The first-order chi connectivity index (χ1) is 9.47. The van der Waals surface area contributed by atoms with Crippen LogP contribution in [0.5, 0.6) is 5.75 Å². The van der Waals surface area contributed by atoms with Gasteiger partial charge in [-0.25, -0.2) is 4.39 Å². The summed E-state index contributed by atoms with van der Waals surface area (Å²) in [6, 6.07) is 2.09. The Hall–Kier alpha value is -1.25. The van der Waals surface area contributed by atoms with Gasteiger partial charge in [0, 0.05) is 25.2 Å². The van der Waals surface area contributed by atoms with Gasteiger partial charge in [-0.05, 0) is 22.9 Å². The molecule has 1 N–H and O–H groups in total. The number of benzene rings is 1. The monoisotopic (exact) mass is 348 g/mol. The number of hydrogen-bond donors (Lipinski definition) is 1. The second-order valence-electron chi connectivity index (χ2n) is 4.53. The SMILES string of the molecule is CC1CNCC(COc2cc(F)c(Br)cc2[N+](=O)[O-])O1. The predicted molar refractivity (Wildman–Crippen MR) is 73.5 cm³/mol. The summed E-state index contributed by atoms with van der Waals surface area (Å²) >= 11 is 2.91. The summed E-state index contributed by atoms with van der Waals surface area (Å²) in [5.74, 6) is -0.709. The highest BCUT2D eigenvalue weighted by atomic mass is 79.9. The number of nitrogens with one attached hydrogen (secondary N) is 1. The van der Waals surface area contributed by atoms with Gasteiger partial charge in [0.1, 0.15) is 18.5 Å². The highest BCUT2D eigenvalue weighted by Gasteiger charge is 2.23. The number of nitrogens with zero attached hydrogens (tertiary/aromatic N) is 1. The molecule has 0 amide bonds. The fourth-order valence-corrected chi connectivity index (χ4v) is 2.26. The first-order valence-corrected chi connectivity index (χ1v) is 6.89. The Labute approximate surface area is 123 Å². The third-order valence-electron chi connectivity index (χ3n) is 2.85. The molecular formula is C12H14BrFN2O4. The predicted octanol–water partition coefficient (Wildman–Crippen LogP) is 2.25. The van der Waals surface area contributed by atoms with Crippen LogP contribution in [0, 0.1) is 15.9 Å². The number of morpholine rings is 1. The molecule has 20 heavy (non-hydrogen) atoms. The zero-order valence-electron chi connectivity index (χ0n) is 10.8. The molecule has 0 aliphatic carbocycles. The lowest BCUT2D eigenvalue weighted by atomic mass is 10.2. The van der Waals surface area contributed by atoms with Gasteiger partial charge in [0.2, 0.25) is 0 Å². The van der Waals surface area contributed by atoms with Crippen molar-refractivity contribution in [2.24, 2.45) is 0 Å². The van der Waals surface area contributed by atoms with Crippen LogP contribution < -0.4 is 10.1 Å². The molecule has 1 aromatic carbocycles. The maximum Gasteiger partial charge on any atom is 0.312 e. The van der Waals surface area contributed by atoms with Crippen LogP contribution in [-0.2, 0) is 4.74 Å². The normalized spacial score (nSPS) is 22.6. The number of rotatable bonds is 4. The highest BCUT2D eigenvalue weighted by Crippen LogP contribution is 2.32. The number of ether oxygens (including phenoxy) is 2. The Bertz CT molecular complexity index is 514. The van der Waals surface area contributed by atoms with E-state index in [1.807, 2.05) is 6.92 Å². The lowest BCUT2D eigenvalue weighted by Gasteiger charge is -2.28. The summed E-state index contributed by atoms with van der Waals surface area (Å²) in [4.78, 5) is 10.3. The van der Waals surface area contributed by atoms with E-state index in [4.69, 9.17) is 9.47 Å². The van der Waals surface area contributed by atoms with E-state index in [0.717, 1.165) is 18.7 Å². The topological polar surface area (TPSA) is 73.6 Å². The van der Waals surface area contributed by atoms with Crippen molar-refractivity contribution in [2.75, 3.05) is 19.7 Å². The molecule has 1 saturated heterocycles. The van der Waals surface area contributed by atoms with Gasteiger partial charge in [-0.1, -0.05) is 0 Å². The van der Waals surface area contributed by atoms with Crippen LogP contribution in [0.15, 0.2) is 16.6 Å². The van der Waals surface area contributed by atoms with E-state index in [9.17, 15) is 14.5 Å². The summed E-state index contributed by atoms with van der Waals surface area (Å²) in [5, 5.41) is 14.1. The lowest BCUT2D eigenvalue weighted by molar-refractivity contribution is -0.386. The van der Waals surface area contributed by atoms with Gasteiger partial charge in [0.25, 0.3) is 0 Å². The van der Waals surface area contributed by atoms with E-state index in [2.05, 4.69) is 21.2 Å². The molecule has 0 aromatic heterocycles. The molecule has 2 unspecified atom stereocenters. The fourth-order valence-electron chi connectivity index (χ4n) is 1.93. The Morgan fingerprint density at radius 1 is 1.60 bits per heavy atom. The van der Waals surface area contributed by atoms with Crippen molar-refractivity contribution in [3.05, 3.63) is 32.5 Å². The molecule has 1 aromatic rings. The van der Waals surface area contributed by atoms with E-state index in [1.54, 1.807) is 0 Å². The average Bonchev–Trinajstić information content (AvgIpc) is 2.39. The molecule has 1 aliphatic rings. The van der Waals surface area contributed by atoms with E-state index >= 15 is 0 Å². The van der Waals surface area contributed by atoms with Gasteiger partial charge in [-0.15, -0.1) is 0 Å². The maximum absolute atomic E-state index is 13.5. The third-order valence-corrected chi connectivity index (χ3v) is 3.46. The second-order valence-corrected chi connectivity index (χ2v) is 5.38. The lowest BCUT2D eigenvalue weighted by Crippen LogP contribution is -2.45. The van der Waals surface area contributed by atoms with Crippen LogP contribution in [0.4, 0.5) is 10.1 Å². The minimum Gasteiger partial charge on any atom is -0.484 e. The molecular weight excluding hydrogens is 335 g/mol. The van der Waals surface area contributed by atoms with Gasteiger partial charge < -0.3 is 14.8 Å². The maximum atomic E-state index is 13.5. The number of nitro groups is 1. The highest BCUT2D eigenvalue weighted by molar-refractivity contribution is 9.10. The molecule has 0 radical (unpaired) electrons. The Balaban J connectivity index is 2.08. The second kappa shape index (κ2) is 6.47. The third kappa shape index (κ3) is 3.65. The molecule has 1 fully saturated rings. The molecule has 2 rings (SSSR count). The van der Waals surface area contributed by atoms with E-state index in [-0.39, 0.29) is 34.7 Å². The van der Waals surface area contributed by atoms with Crippen LogP contribution in [0.3, 0.4) is 0 Å². The van der Waals surface area contributed by atoms with Crippen molar-refractivity contribution >= 4 is 21.6 Å². The van der Waals surface area contributed by atoms with E-state index < -0.39 is 10.7 Å². The molecule has 2 atom stereocenters. The van der Waals surface area contributed by atoms with Crippen LogP contribution >= 0.6 is 15.9 Å². The van der Waals surface area contributed by atoms with Crippen LogP contribution in [0.1, 0.15) is 6.92 Å². The van der Waals surface area contributed by atoms with E-state index in [0.29, 0.717) is 6.54 Å². The standard InChI is InChI=1S/C12H14BrFN2O4/c1-7-4-15-5-8(20-7)6-19-12-3-10(14)9(13)2-11(12)16(17)18/h2-3,7-8,15H,4-6H2,1H3. The zero-order chi connectivity index (χ0) is 14.7. The summed E-state index contributed by atoms with van der Waals surface area (Å²) in [6.45, 7) is 3.39. The van der Waals surface area contributed by atoms with Gasteiger partial charge in [-0.3, -0.25) is 10.1 Å². The molecule has 8 heteroatoms. The average molecular weight is 349 g/mol.